The number of carboxylic acid groups (broad SMARTS) is 1. The summed E-state index contributed by atoms with van der Waals surface area (Å²) >= 11 is 0. The minimum Gasteiger partial charge on any atom is -0.480 e. The van der Waals surface area contributed by atoms with E-state index in [4.69, 9.17) is 0 Å². The molecular formula is C15H22N2O2. The minimum absolute atomic E-state index is 0.450. The van der Waals surface area contributed by atoms with Crippen LogP contribution in [0.15, 0.2) is 30.3 Å². The molecule has 0 amide bonds. The molecule has 0 unspecified atom stereocenters. The lowest BCUT2D eigenvalue weighted by atomic mass is 9.87. The van der Waals surface area contributed by atoms with Crippen LogP contribution in [0.4, 0.5) is 0 Å². The fraction of sp³-hybridized carbons (Fsp3) is 0.533. The van der Waals surface area contributed by atoms with Gasteiger partial charge in [0, 0.05) is 19.5 Å². The lowest BCUT2D eigenvalue weighted by molar-refractivity contribution is -0.153. The van der Waals surface area contributed by atoms with Gasteiger partial charge in [0.2, 0.25) is 0 Å². The van der Waals surface area contributed by atoms with Crippen molar-refractivity contribution < 1.29 is 9.90 Å². The number of benzene rings is 1. The maximum Gasteiger partial charge on any atom is 0.325 e. The van der Waals surface area contributed by atoms with E-state index in [1.54, 1.807) is 5.01 Å². The molecule has 0 saturated heterocycles. The van der Waals surface area contributed by atoms with Crippen LogP contribution in [-0.2, 0) is 11.2 Å². The van der Waals surface area contributed by atoms with Crippen molar-refractivity contribution in [2.45, 2.75) is 44.2 Å². The van der Waals surface area contributed by atoms with Crippen LogP contribution in [0.5, 0.6) is 0 Å². The molecule has 104 valence electrons. The summed E-state index contributed by atoms with van der Waals surface area (Å²) in [4.78, 5) is 11.8. The molecular weight excluding hydrogens is 240 g/mol. The third-order valence-corrected chi connectivity index (χ3v) is 3.92. The van der Waals surface area contributed by atoms with Gasteiger partial charge < -0.3 is 5.11 Å². The van der Waals surface area contributed by atoms with Crippen molar-refractivity contribution in [1.29, 1.82) is 0 Å². The normalized spacial score (nSPS) is 18.3. The van der Waals surface area contributed by atoms with Crippen molar-refractivity contribution in [3.63, 3.8) is 0 Å². The zero-order chi connectivity index (χ0) is 13.9. The van der Waals surface area contributed by atoms with Crippen LogP contribution in [0, 0.1) is 0 Å². The quantitative estimate of drug-likeness (QED) is 0.739. The molecule has 19 heavy (non-hydrogen) atoms. The van der Waals surface area contributed by atoms with E-state index >= 15 is 0 Å². The number of nitrogens with one attached hydrogen (secondary N) is 1. The van der Waals surface area contributed by atoms with Gasteiger partial charge in [-0.2, -0.15) is 0 Å². The smallest absolute Gasteiger partial charge is 0.325 e. The summed E-state index contributed by atoms with van der Waals surface area (Å²) in [7, 11) is 1.85. The number of carbonyl (C=O) groups is 1. The Balaban J connectivity index is 2.19. The summed E-state index contributed by atoms with van der Waals surface area (Å²) in [5, 5.41) is 11.5. The first-order valence-corrected chi connectivity index (χ1v) is 6.86. The molecule has 0 radical (unpaired) electrons. The van der Waals surface area contributed by atoms with Gasteiger partial charge in [-0.25, -0.2) is 5.01 Å². The standard InChI is InChI=1S/C15H22N2O2/c1-3-15(14(18)19,17(2)16-13-9-10-13)11-12-7-5-4-6-8-12/h4-8,13,16H,3,9-11H2,1-2H3,(H,18,19)/t15-/m0/s1. The monoisotopic (exact) mass is 262 g/mol. The lowest BCUT2D eigenvalue weighted by Crippen LogP contribution is -2.59. The van der Waals surface area contributed by atoms with Crippen molar-refractivity contribution in [3.05, 3.63) is 35.9 Å². The summed E-state index contributed by atoms with van der Waals surface area (Å²) in [6, 6.07) is 10.3. The fourth-order valence-corrected chi connectivity index (χ4v) is 2.39. The van der Waals surface area contributed by atoms with E-state index in [0.717, 1.165) is 18.4 Å². The van der Waals surface area contributed by atoms with Crippen molar-refractivity contribution in [3.8, 4) is 0 Å². The summed E-state index contributed by atoms with van der Waals surface area (Å²) in [6.45, 7) is 1.93. The SMILES string of the molecule is CC[C@](Cc1ccccc1)(C(=O)O)N(C)NC1CC1. The van der Waals surface area contributed by atoms with E-state index in [1.165, 1.54) is 0 Å². The average molecular weight is 262 g/mol. The summed E-state index contributed by atoms with van der Waals surface area (Å²) in [5.41, 5.74) is 3.47. The average Bonchev–Trinajstić information content (AvgIpc) is 3.20. The van der Waals surface area contributed by atoms with E-state index in [1.807, 2.05) is 44.3 Å². The first-order valence-electron chi connectivity index (χ1n) is 6.86. The van der Waals surface area contributed by atoms with Gasteiger partial charge in [-0.05, 0) is 24.8 Å². The predicted octanol–water partition coefficient (Wildman–Crippen LogP) is 2.06. The van der Waals surface area contributed by atoms with Crippen LogP contribution in [0.2, 0.25) is 0 Å². The van der Waals surface area contributed by atoms with E-state index in [2.05, 4.69) is 5.43 Å². The molecule has 2 N–H and O–H groups in total. The second-order valence-electron chi connectivity index (χ2n) is 5.32. The van der Waals surface area contributed by atoms with Crippen LogP contribution in [0.25, 0.3) is 0 Å². The molecule has 1 aliphatic rings. The van der Waals surface area contributed by atoms with Gasteiger partial charge in [0.15, 0.2) is 0 Å². The highest BCUT2D eigenvalue weighted by molar-refractivity contribution is 5.79. The Morgan fingerprint density at radius 1 is 1.42 bits per heavy atom. The highest BCUT2D eigenvalue weighted by Gasteiger charge is 2.42. The van der Waals surface area contributed by atoms with Crippen LogP contribution in [0.1, 0.15) is 31.7 Å². The summed E-state index contributed by atoms with van der Waals surface area (Å²) in [6.07, 6.45) is 3.34. The molecule has 0 aliphatic heterocycles. The Bertz CT molecular complexity index is 431. The number of likely N-dealkylation sites (N-methyl/N-ethyl adjacent to an activating group) is 1. The van der Waals surface area contributed by atoms with Crippen LogP contribution in [-0.4, -0.2) is 34.7 Å². The largest absolute Gasteiger partial charge is 0.480 e. The fourth-order valence-electron chi connectivity index (χ4n) is 2.39. The summed E-state index contributed by atoms with van der Waals surface area (Å²) < 4.78 is 0. The molecule has 0 bridgehead atoms. The van der Waals surface area contributed by atoms with Gasteiger partial charge in [0.25, 0.3) is 0 Å². The Hall–Kier alpha value is -1.39. The van der Waals surface area contributed by atoms with Gasteiger partial charge >= 0.3 is 5.97 Å². The Kier molecular flexibility index (Phi) is 4.22. The molecule has 4 heteroatoms. The maximum atomic E-state index is 11.8. The van der Waals surface area contributed by atoms with Gasteiger partial charge in [0.05, 0.1) is 0 Å². The van der Waals surface area contributed by atoms with Crippen molar-refractivity contribution in [1.82, 2.24) is 10.4 Å². The van der Waals surface area contributed by atoms with E-state index < -0.39 is 11.5 Å². The highest BCUT2D eigenvalue weighted by Crippen LogP contribution is 2.26. The topological polar surface area (TPSA) is 52.6 Å². The molecule has 2 rings (SSSR count). The first-order chi connectivity index (χ1) is 9.08. The zero-order valence-electron chi connectivity index (χ0n) is 11.6. The molecule has 0 heterocycles. The Labute approximate surface area is 114 Å². The minimum atomic E-state index is -0.885. The number of hydrogen-bond donors (Lipinski definition) is 2. The highest BCUT2D eigenvalue weighted by atomic mass is 16.4. The molecule has 0 aromatic heterocycles. The third kappa shape index (κ3) is 3.14. The molecule has 1 saturated carbocycles. The van der Waals surface area contributed by atoms with Gasteiger partial charge in [-0.3, -0.25) is 10.2 Å². The van der Waals surface area contributed by atoms with Crippen molar-refractivity contribution in [2.24, 2.45) is 0 Å². The van der Waals surface area contributed by atoms with Crippen LogP contribution in [0.3, 0.4) is 0 Å². The third-order valence-electron chi connectivity index (χ3n) is 3.92. The number of rotatable bonds is 7. The molecule has 0 spiro atoms. The number of carboxylic acids is 1. The summed E-state index contributed by atoms with van der Waals surface area (Å²) in [5.74, 6) is -0.769. The van der Waals surface area contributed by atoms with E-state index in [9.17, 15) is 9.90 Å². The lowest BCUT2D eigenvalue weighted by Gasteiger charge is -2.38. The van der Waals surface area contributed by atoms with Crippen LogP contribution >= 0.6 is 0 Å². The maximum absolute atomic E-state index is 11.8. The number of hydrazine groups is 1. The molecule has 1 atom stereocenters. The van der Waals surface area contributed by atoms with Crippen molar-refractivity contribution >= 4 is 5.97 Å². The Morgan fingerprint density at radius 2 is 2.05 bits per heavy atom. The number of nitrogens with zero attached hydrogens (tertiary/aromatic N) is 1. The molecule has 4 nitrogen and oxygen atoms in total. The van der Waals surface area contributed by atoms with Crippen molar-refractivity contribution in [2.75, 3.05) is 7.05 Å². The zero-order valence-corrected chi connectivity index (χ0v) is 11.6. The molecule has 1 aromatic rings. The van der Waals surface area contributed by atoms with E-state index in [0.29, 0.717) is 18.9 Å². The van der Waals surface area contributed by atoms with Gasteiger partial charge in [-0.1, -0.05) is 37.3 Å². The second-order valence-corrected chi connectivity index (χ2v) is 5.32. The molecule has 1 aromatic carbocycles. The van der Waals surface area contributed by atoms with E-state index in [-0.39, 0.29) is 0 Å². The number of aliphatic carboxylic acids is 1. The van der Waals surface area contributed by atoms with Crippen LogP contribution < -0.4 is 5.43 Å². The van der Waals surface area contributed by atoms with Gasteiger partial charge in [0.1, 0.15) is 5.54 Å². The molecule has 1 fully saturated rings. The molecule has 1 aliphatic carbocycles. The second kappa shape index (κ2) is 5.72. The first kappa shape index (κ1) is 14.0. The Morgan fingerprint density at radius 3 is 2.53 bits per heavy atom. The van der Waals surface area contributed by atoms with Gasteiger partial charge in [-0.15, -0.1) is 0 Å². The predicted molar refractivity (Wildman–Crippen MR) is 74.7 cm³/mol. The number of hydrogen-bond acceptors (Lipinski definition) is 3.